The molecule has 1 atom stereocenters. The van der Waals surface area contributed by atoms with Gasteiger partial charge in [-0.3, -0.25) is 4.79 Å². The zero-order chi connectivity index (χ0) is 9.31. The van der Waals surface area contributed by atoms with Crippen molar-refractivity contribution < 1.29 is 4.79 Å². The molecular formula is C11H19NO. The second kappa shape index (κ2) is 3.41. The van der Waals surface area contributed by atoms with Crippen LogP contribution in [0.4, 0.5) is 0 Å². The Kier molecular flexibility index (Phi) is 2.41. The molecule has 1 saturated carbocycles. The van der Waals surface area contributed by atoms with Gasteiger partial charge >= 0.3 is 0 Å². The van der Waals surface area contributed by atoms with Crippen LogP contribution in [0, 0.1) is 5.41 Å². The van der Waals surface area contributed by atoms with Gasteiger partial charge in [0, 0.05) is 6.54 Å². The van der Waals surface area contributed by atoms with Crippen molar-refractivity contribution in [2.75, 3.05) is 6.54 Å². The third-order valence-corrected chi connectivity index (χ3v) is 3.77. The highest BCUT2D eigenvalue weighted by molar-refractivity contribution is 5.81. The Morgan fingerprint density at radius 2 is 2.00 bits per heavy atom. The van der Waals surface area contributed by atoms with Crippen molar-refractivity contribution in [3.8, 4) is 0 Å². The van der Waals surface area contributed by atoms with Gasteiger partial charge in [-0.15, -0.1) is 0 Å². The number of ketones is 1. The van der Waals surface area contributed by atoms with E-state index in [0.29, 0.717) is 11.2 Å². The van der Waals surface area contributed by atoms with Crippen LogP contribution in [0.2, 0.25) is 0 Å². The molecule has 1 spiro atoms. The second-order valence-electron chi connectivity index (χ2n) is 4.81. The van der Waals surface area contributed by atoms with Gasteiger partial charge < -0.3 is 5.32 Å². The van der Waals surface area contributed by atoms with Crippen molar-refractivity contribution in [3.63, 3.8) is 0 Å². The van der Waals surface area contributed by atoms with E-state index in [2.05, 4.69) is 5.32 Å². The van der Waals surface area contributed by atoms with Crippen LogP contribution in [-0.2, 0) is 4.79 Å². The quantitative estimate of drug-likeness (QED) is 0.669. The van der Waals surface area contributed by atoms with Crippen LogP contribution < -0.4 is 5.32 Å². The Balaban J connectivity index is 1.98. The van der Waals surface area contributed by atoms with Crippen molar-refractivity contribution >= 4 is 5.78 Å². The maximum absolute atomic E-state index is 11.2. The minimum atomic E-state index is 0.165. The topological polar surface area (TPSA) is 29.1 Å². The van der Waals surface area contributed by atoms with Crippen LogP contribution in [0.15, 0.2) is 0 Å². The molecule has 0 aromatic rings. The Bertz CT molecular complexity index is 206. The summed E-state index contributed by atoms with van der Waals surface area (Å²) >= 11 is 0. The molecule has 1 aliphatic carbocycles. The van der Waals surface area contributed by atoms with Gasteiger partial charge in [-0.1, -0.05) is 19.3 Å². The fourth-order valence-electron chi connectivity index (χ4n) is 2.89. The highest BCUT2D eigenvalue weighted by Gasteiger charge is 2.40. The first-order chi connectivity index (χ1) is 6.22. The van der Waals surface area contributed by atoms with Gasteiger partial charge in [-0.25, -0.2) is 0 Å². The smallest absolute Gasteiger partial charge is 0.146 e. The third-order valence-electron chi connectivity index (χ3n) is 3.77. The summed E-state index contributed by atoms with van der Waals surface area (Å²) in [6.45, 7) is 2.79. The first-order valence-electron chi connectivity index (χ1n) is 5.46. The largest absolute Gasteiger partial charge is 0.307 e. The van der Waals surface area contributed by atoms with Crippen LogP contribution in [0.5, 0.6) is 0 Å². The summed E-state index contributed by atoms with van der Waals surface area (Å²) in [6, 6.07) is 0.165. The molecule has 74 valence electrons. The highest BCUT2D eigenvalue weighted by Crippen LogP contribution is 2.42. The first kappa shape index (κ1) is 9.20. The lowest BCUT2D eigenvalue weighted by Gasteiger charge is -2.32. The van der Waals surface area contributed by atoms with Crippen molar-refractivity contribution in [2.45, 2.75) is 51.5 Å². The van der Waals surface area contributed by atoms with E-state index in [9.17, 15) is 4.79 Å². The van der Waals surface area contributed by atoms with Gasteiger partial charge in [0.2, 0.25) is 0 Å². The van der Waals surface area contributed by atoms with Crippen LogP contribution in [-0.4, -0.2) is 18.4 Å². The molecule has 1 saturated heterocycles. The molecule has 1 heterocycles. The molecule has 1 N–H and O–H groups in total. The summed E-state index contributed by atoms with van der Waals surface area (Å²) in [5.74, 6) is 0.322. The van der Waals surface area contributed by atoms with Gasteiger partial charge in [-0.2, -0.15) is 0 Å². The predicted octanol–water partition coefficient (Wildman–Crippen LogP) is 1.89. The van der Waals surface area contributed by atoms with Crippen molar-refractivity contribution in [1.29, 1.82) is 0 Å². The lowest BCUT2D eigenvalue weighted by atomic mass is 9.72. The summed E-state index contributed by atoms with van der Waals surface area (Å²) in [5, 5.41) is 3.37. The van der Waals surface area contributed by atoms with Crippen LogP contribution >= 0.6 is 0 Å². The Labute approximate surface area is 80.1 Å². The SMILES string of the molecule is CC(=O)C1CC2(CCCCC2)CN1. The normalized spacial score (nSPS) is 32.2. The van der Waals surface area contributed by atoms with E-state index in [1.807, 2.05) is 0 Å². The molecular weight excluding hydrogens is 162 g/mol. The first-order valence-corrected chi connectivity index (χ1v) is 5.46. The van der Waals surface area contributed by atoms with Gasteiger partial charge in [0.05, 0.1) is 6.04 Å². The van der Waals surface area contributed by atoms with Crippen LogP contribution in [0.3, 0.4) is 0 Å². The average Bonchev–Trinajstić information content (AvgIpc) is 2.51. The van der Waals surface area contributed by atoms with E-state index in [1.54, 1.807) is 6.92 Å². The second-order valence-corrected chi connectivity index (χ2v) is 4.81. The number of carbonyl (C=O) groups excluding carboxylic acids is 1. The van der Waals surface area contributed by atoms with Gasteiger partial charge in [0.15, 0.2) is 0 Å². The Morgan fingerprint density at radius 3 is 2.54 bits per heavy atom. The number of hydrogen-bond donors (Lipinski definition) is 1. The molecule has 0 bridgehead atoms. The van der Waals surface area contributed by atoms with E-state index in [-0.39, 0.29) is 6.04 Å². The van der Waals surface area contributed by atoms with Crippen molar-refractivity contribution in [3.05, 3.63) is 0 Å². The maximum Gasteiger partial charge on any atom is 0.146 e. The van der Waals surface area contributed by atoms with Crippen molar-refractivity contribution in [2.24, 2.45) is 5.41 Å². The molecule has 0 amide bonds. The number of carbonyl (C=O) groups is 1. The molecule has 0 radical (unpaired) electrons. The fraction of sp³-hybridized carbons (Fsp3) is 0.909. The van der Waals surface area contributed by atoms with Gasteiger partial charge in [-0.05, 0) is 31.6 Å². The molecule has 1 aliphatic heterocycles. The molecule has 13 heavy (non-hydrogen) atoms. The Morgan fingerprint density at radius 1 is 1.31 bits per heavy atom. The zero-order valence-corrected chi connectivity index (χ0v) is 8.44. The minimum absolute atomic E-state index is 0.165. The zero-order valence-electron chi connectivity index (χ0n) is 8.44. The maximum atomic E-state index is 11.2. The summed E-state index contributed by atoms with van der Waals surface area (Å²) in [7, 11) is 0. The average molecular weight is 181 g/mol. The van der Waals surface area contributed by atoms with Gasteiger partial charge in [0.25, 0.3) is 0 Å². The van der Waals surface area contributed by atoms with Gasteiger partial charge in [0.1, 0.15) is 5.78 Å². The minimum Gasteiger partial charge on any atom is -0.307 e. The van der Waals surface area contributed by atoms with E-state index < -0.39 is 0 Å². The molecule has 2 rings (SSSR count). The molecule has 2 aliphatic rings. The molecule has 0 aromatic heterocycles. The van der Waals surface area contributed by atoms with E-state index in [0.717, 1.165) is 13.0 Å². The predicted molar refractivity (Wildman–Crippen MR) is 52.6 cm³/mol. The van der Waals surface area contributed by atoms with Crippen molar-refractivity contribution in [1.82, 2.24) is 5.32 Å². The summed E-state index contributed by atoms with van der Waals surface area (Å²) in [5.41, 5.74) is 0.495. The van der Waals surface area contributed by atoms with E-state index in [4.69, 9.17) is 0 Å². The lowest BCUT2D eigenvalue weighted by molar-refractivity contribution is -0.118. The van der Waals surface area contributed by atoms with Crippen LogP contribution in [0.1, 0.15) is 45.4 Å². The molecule has 2 nitrogen and oxygen atoms in total. The number of nitrogens with one attached hydrogen (secondary N) is 1. The molecule has 2 heteroatoms. The third kappa shape index (κ3) is 1.78. The number of rotatable bonds is 1. The molecule has 0 aromatic carbocycles. The lowest BCUT2D eigenvalue weighted by Crippen LogP contribution is -2.28. The summed E-state index contributed by atoms with van der Waals surface area (Å²) < 4.78 is 0. The molecule has 2 fully saturated rings. The number of Topliss-reactive ketones (excluding diaryl/α,β-unsaturated/α-hetero) is 1. The highest BCUT2D eigenvalue weighted by atomic mass is 16.1. The Hall–Kier alpha value is -0.370. The standard InChI is InChI=1S/C11H19NO/c1-9(13)10-7-11(8-12-10)5-3-2-4-6-11/h10,12H,2-8H2,1H3. The summed E-state index contributed by atoms with van der Waals surface area (Å²) in [6.07, 6.45) is 7.90. The summed E-state index contributed by atoms with van der Waals surface area (Å²) in [4.78, 5) is 11.2. The van der Waals surface area contributed by atoms with E-state index >= 15 is 0 Å². The van der Waals surface area contributed by atoms with Crippen LogP contribution in [0.25, 0.3) is 0 Å². The number of hydrogen-bond acceptors (Lipinski definition) is 2. The monoisotopic (exact) mass is 181 g/mol. The van der Waals surface area contributed by atoms with E-state index in [1.165, 1.54) is 32.1 Å². The fourth-order valence-corrected chi connectivity index (χ4v) is 2.89. The molecule has 1 unspecified atom stereocenters.